The molecule has 0 aliphatic rings. The SMILES string of the molecule is CCN(Cc1ccccc1)c1ccc(C(=O)NCCOC)nn1. The first-order valence-corrected chi connectivity index (χ1v) is 7.64. The summed E-state index contributed by atoms with van der Waals surface area (Å²) >= 11 is 0. The van der Waals surface area contributed by atoms with E-state index >= 15 is 0 Å². The molecule has 0 saturated carbocycles. The number of amides is 1. The molecule has 0 bridgehead atoms. The summed E-state index contributed by atoms with van der Waals surface area (Å²) in [5.74, 6) is 0.511. The Kier molecular flexibility index (Phi) is 6.50. The highest BCUT2D eigenvalue weighted by atomic mass is 16.5. The van der Waals surface area contributed by atoms with Crippen LogP contribution < -0.4 is 10.2 Å². The number of carbonyl (C=O) groups excluding carboxylic acids is 1. The fourth-order valence-corrected chi connectivity index (χ4v) is 2.13. The highest BCUT2D eigenvalue weighted by molar-refractivity contribution is 5.92. The van der Waals surface area contributed by atoms with Crippen LogP contribution in [0.15, 0.2) is 42.5 Å². The zero-order valence-electron chi connectivity index (χ0n) is 13.5. The maximum Gasteiger partial charge on any atom is 0.271 e. The molecule has 0 radical (unpaired) electrons. The van der Waals surface area contributed by atoms with Crippen LogP contribution in [0.4, 0.5) is 5.82 Å². The highest BCUT2D eigenvalue weighted by Crippen LogP contribution is 2.13. The zero-order valence-corrected chi connectivity index (χ0v) is 13.5. The first-order valence-electron chi connectivity index (χ1n) is 7.64. The molecular weight excluding hydrogens is 292 g/mol. The van der Waals surface area contributed by atoms with E-state index in [0.29, 0.717) is 18.8 Å². The van der Waals surface area contributed by atoms with Gasteiger partial charge in [-0.05, 0) is 24.6 Å². The van der Waals surface area contributed by atoms with Gasteiger partial charge in [-0.25, -0.2) is 0 Å². The topological polar surface area (TPSA) is 67.4 Å². The molecule has 2 rings (SSSR count). The lowest BCUT2D eigenvalue weighted by Gasteiger charge is -2.21. The number of carbonyl (C=O) groups is 1. The molecule has 0 saturated heterocycles. The fraction of sp³-hybridized carbons (Fsp3) is 0.353. The molecule has 0 atom stereocenters. The summed E-state index contributed by atoms with van der Waals surface area (Å²) in [7, 11) is 1.59. The van der Waals surface area contributed by atoms with E-state index in [9.17, 15) is 4.79 Å². The summed E-state index contributed by atoms with van der Waals surface area (Å²) in [6.07, 6.45) is 0. The van der Waals surface area contributed by atoms with Crippen molar-refractivity contribution in [3.8, 4) is 0 Å². The second kappa shape index (κ2) is 8.85. The molecule has 1 heterocycles. The summed E-state index contributed by atoms with van der Waals surface area (Å²) in [4.78, 5) is 14.0. The number of ether oxygens (including phenoxy) is 1. The van der Waals surface area contributed by atoms with Gasteiger partial charge >= 0.3 is 0 Å². The number of hydrogen-bond acceptors (Lipinski definition) is 5. The minimum absolute atomic E-state index is 0.243. The Morgan fingerprint density at radius 3 is 2.57 bits per heavy atom. The van der Waals surface area contributed by atoms with E-state index in [2.05, 4.69) is 39.5 Å². The standard InChI is InChI=1S/C17H22N4O2/c1-3-21(13-14-7-5-4-6-8-14)16-10-9-15(19-20-16)17(22)18-11-12-23-2/h4-10H,3,11-13H2,1-2H3,(H,18,22). The summed E-state index contributed by atoms with van der Waals surface area (Å²) in [5, 5.41) is 10.9. The van der Waals surface area contributed by atoms with Gasteiger partial charge in [0.15, 0.2) is 11.5 Å². The lowest BCUT2D eigenvalue weighted by atomic mass is 10.2. The van der Waals surface area contributed by atoms with Crippen LogP contribution in [0.1, 0.15) is 23.0 Å². The van der Waals surface area contributed by atoms with E-state index in [1.54, 1.807) is 13.2 Å². The minimum atomic E-state index is -0.243. The Labute approximate surface area is 136 Å². The fourth-order valence-electron chi connectivity index (χ4n) is 2.13. The highest BCUT2D eigenvalue weighted by Gasteiger charge is 2.11. The van der Waals surface area contributed by atoms with Gasteiger partial charge in [-0.2, -0.15) is 0 Å². The number of benzene rings is 1. The maximum absolute atomic E-state index is 11.9. The third-order valence-corrected chi connectivity index (χ3v) is 3.40. The Balaban J connectivity index is 2.00. The van der Waals surface area contributed by atoms with Crippen LogP contribution in [0.5, 0.6) is 0 Å². The first-order chi connectivity index (χ1) is 11.2. The van der Waals surface area contributed by atoms with Gasteiger partial charge in [0.2, 0.25) is 0 Å². The van der Waals surface area contributed by atoms with Gasteiger partial charge in [-0.15, -0.1) is 10.2 Å². The monoisotopic (exact) mass is 314 g/mol. The third kappa shape index (κ3) is 5.03. The molecule has 1 amide bonds. The largest absolute Gasteiger partial charge is 0.383 e. The second-order valence-electron chi connectivity index (χ2n) is 5.03. The van der Waals surface area contributed by atoms with E-state index in [4.69, 9.17) is 4.74 Å². The molecule has 0 fully saturated rings. The maximum atomic E-state index is 11.9. The number of nitrogens with zero attached hydrogens (tertiary/aromatic N) is 3. The Morgan fingerprint density at radius 2 is 1.96 bits per heavy atom. The van der Waals surface area contributed by atoms with Crippen molar-refractivity contribution in [2.45, 2.75) is 13.5 Å². The average molecular weight is 314 g/mol. The summed E-state index contributed by atoms with van der Waals surface area (Å²) in [6.45, 7) is 4.55. The smallest absolute Gasteiger partial charge is 0.271 e. The van der Waals surface area contributed by atoms with Crippen molar-refractivity contribution < 1.29 is 9.53 Å². The van der Waals surface area contributed by atoms with Gasteiger partial charge in [0.25, 0.3) is 5.91 Å². The molecule has 0 spiro atoms. The second-order valence-corrected chi connectivity index (χ2v) is 5.03. The number of aromatic nitrogens is 2. The van der Waals surface area contributed by atoms with Crippen LogP contribution in [0.25, 0.3) is 0 Å². The van der Waals surface area contributed by atoms with Crippen molar-refractivity contribution in [1.82, 2.24) is 15.5 Å². The lowest BCUT2D eigenvalue weighted by molar-refractivity contribution is 0.0931. The molecule has 0 aliphatic heterocycles. The van der Waals surface area contributed by atoms with Crippen LogP contribution >= 0.6 is 0 Å². The quantitative estimate of drug-likeness (QED) is 0.754. The lowest BCUT2D eigenvalue weighted by Crippen LogP contribution is -2.28. The van der Waals surface area contributed by atoms with E-state index in [1.807, 2.05) is 24.3 Å². The van der Waals surface area contributed by atoms with Crippen LogP contribution in [0.3, 0.4) is 0 Å². The van der Waals surface area contributed by atoms with Crippen molar-refractivity contribution in [3.63, 3.8) is 0 Å². The molecule has 122 valence electrons. The van der Waals surface area contributed by atoms with E-state index in [1.165, 1.54) is 5.56 Å². The molecule has 6 heteroatoms. The summed E-state index contributed by atoms with van der Waals surface area (Å²) < 4.78 is 4.89. The minimum Gasteiger partial charge on any atom is -0.383 e. The predicted molar refractivity (Wildman–Crippen MR) is 89.4 cm³/mol. The number of anilines is 1. The van der Waals surface area contributed by atoms with Gasteiger partial charge in [0.1, 0.15) is 0 Å². The molecule has 1 N–H and O–H groups in total. The van der Waals surface area contributed by atoms with Crippen molar-refractivity contribution in [2.75, 3.05) is 31.7 Å². The van der Waals surface area contributed by atoms with Gasteiger partial charge in [-0.3, -0.25) is 4.79 Å². The third-order valence-electron chi connectivity index (χ3n) is 3.40. The molecule has 0 unspecified atom stereocenters. The van der Waals surface area contributed by atoms with Crippen molar-refractivity contribution in [3.05, 3.63) is 53.7 Å². The molecule has 1 aromatic carbocycles. The van der Waals surface area contributed by atoms with Crippen LogP contribution in [-0.4, -0.2) is 42.9 Å². The molecule has 6 nitrogen and oxygen atoms in total. The summed E-state index contributed by atoms with van der Waals surface area (Å²) in [5.41, 5.74) is 1.51. The van der Waals surface area contributed by atoms with E-state index in [0.717, 1.165) is 18.9 Å². The molecular formula is C17H22N4O2. The summed E-state index contributed by atoms with van der Waals surface area (Å²) in [6, 6.07) is 13.7. The van der Waals surface area contributed by atoms with Crippen LogP contribution in [-0.2, 0) is 11.3 Å². The Hall–Kier alpha value is -2.47. The van der Waals surface area contributed by atoms with Crippen molar-refractivity contribution in [2.24, 2.45) is 0 Å². The average Bonchev–Trinajstić information content (AvgIpc) is 2.61. The Morgan fingerprint density at radius 1 is 1.17 bits per heavy atom. The number of hydrogen-bond donors (Lipinski definition) is 1. The molecule has 0 aliphatic carbocycles. The van der Waals surface area contributed by atoms with Crippen molar-refractivity contribution in [1.29, 1.82) is 0 Å². The van der Waals surface area contributed by atoms with Gasteiger partial charge in [0, 0.05) is 26.7 Å². The van der Waals surface area contributed by atoms with Gasteiger partial charge in [-0.1, -0.05) is 30.3 Å². The van der Waals surface area contributed by atoms with Crippen molar-refractivity contribution >= 4 is 11.7 Å². The van der Waals surface area contributed by atoms with E-state index in [-0.39, 0.29) is 5.91 Å². The first kappa shape index (κ1) is 16.9. The number of nitrogens with one attached hydrogen (secondary N) is 1. The predicted octanol–water partition coefficient (Wildman–Crippen LogP) is 1.88. The number of methoxy groups -OCH3 is 1. The van der Waals surface area contributed by atoms with Gasteiger partial charge < -0.3 is 15.0 Å². The molecule has 1 aromatic heterocycles. The normalized spacial score (nSPS) is 10.3. The van der Waals surface area contributed by atoms with Crippen LogP contribution in [0, 0.1) is 0 Å². The van der Waals surface area contributed by atoms with Crippen LogP contribution in [0.2, 0.25) is 0 Å². The molecule has 23 heavy (non-hydrogen) atoms. The number of rotatable bonds is 8. The molecule has 2 aromatic rings. The van der Waals surface area contributed by atoms with E-state index < -0.39 is 0 Å². The zero-order chi connectivity index (χ0) is 16.5. The Bertz CT molecular complexity index is 602. The van der Waals surface area contributed by atoms with Gasteiger partial charge in [0.05, 0.1) is 6.61 Å².